The average molecular weight is 368 g/mol. The Labute approximate surface area is 156 Å². The lowest BCUT2D eigenvalue weighted by Gasteiger charge is -2.11. The molecule has 2 heterocycles. The number of hydrazine groups is 1. The molecule has 0 spiro atoms. The molecule has 0 aliphatic carbocycles. The lowest BCUT2D eigenvalue weighted by Crippen LogP contribution is -2.41. The third-order valence-electron chi connectivity index (χ3n) is 3.94. The molecule has 0 saturated carbocycles. The van der Waals surface area contributed by atoms with Crippen LogP contribution < -0.4 is 20.3 Å². The Kier molecular flexibility index (Phi) is 5.25. The Morgan fingerprint density at radius 1 is 1.11 bits per heavy atom. The molecular formula is C19H20N4O4. The van der Waals surface area contributed by atoms with Gasteiger partial charge in [-0.1, -0.05) is 6.07 Å². The Morgan fingerprint density at radius 3 is 2.59 bits per heavy atom. The summed E-state index contributed by atoms with van der Waals surface area (Å²) < 4.78 is 12.4. The Bertz CT molecular complexity index is 997. The molecule has 0 aliphatic rings. The minimum absolute atomic E-state index is 0.203. The van der Waals surface area contributed by atoms with Crippen LogP contribution in [-0.2, 0) is 0 Å². The molecule has 140 valence electrons. The molecule has 1 aromatic carbocycles. The van der Waals surface area contributed by atoms with Crippen molar-refractivity contribution < 1.29 is 19.1 Å². The van der Waals surface area contributed by atoms with E-state index in [-0.39, 0.29) is 5.69 Å². The summed E-state index contributed by atoms with van der Waals surface area (Å²) >= 11 is 0. The van der Waals surface area contributed by atoms with Crippen LogP contribution in [0.2, 0.25) is 0 Å². The average Bonchev–Trinajstić information content (AvgIpc) is 3.12. The van der Waals surface area contributed by atoms with Crippen LogP contribution in [0.15, 0.2) is 42.6 Å². The highest BCUT2D eigenvalue weighted by Gasteiger charge is 2.15. The second kappa shape index (κ2) is 7.77. The number of carbonyl (C=O) groups is 2. The lowest BCUT2D eigenvalue weighted by molar-refractivity contribution is 0.0844. The summed E-state index contributed by atoms with van der Waals surface area (Å²) in [6.45, 7) is 4.25. The number of amides is 2. The summed E-state index contributed by atoms with van der Waals surface area (Å²) in [7, 11) is 1.49. The number of pyridine rings is 1. The van der Waals surface area contributed by atoms with Gasteiger partial charge < -0.3 is 13.9 Å². The zero-order valence-corrected chi connectivity index (χ0v) is 15.3. The molecule has 2 N–H and O–H groups in total. The van der Waals surface area contributed by atoms with Crippen molar-refractivity contribution in [3.05, 3.63) is 59.5 Å². The minimum atomic E-state index is -0.510. The summed E-state index contributed by atoms with van der Waals surface area (Å²) in [4.78, 5) is 28.8. The number of ether oxygens (including phenoxy) is 2. The minimum Gasteiger partial charge on any atom is -0.493 e. The monoisotopic (exact) mass is 368 g/mol. The first-order valence-corrected chi connectivity index (χ1v) is 8.39. The van der Waals surface area contributed by atoms with E-state index in [9.17, 15) is 9.59 Å². The van der Waals surface area contributed by atoms with Crippen molar-refractivity contribution >= 4 is 17.5 Å². The van der Waals surface area contributed by atoms with E-state index in [0.717, 1.165) is 5.69 Å². The Hall–Kier alpha value is -3.55. The summed E-state index contributed by atoms with van der Waals surface area (Å²) in [6, 6.07) is 10.3. The second-order valence-corrected chi connectivity index (χ2v) is 5.73. The van der Waals surface area contributed by atoms with Gasteiger partial charge >= 0.3 is 0 Å². The van der Waals surface area contributed by atoms with Gasteiger partial charge in [0.15, 0.2) is 11.5 Å². The van der Waals surface area contributed by atoms with Gasteiger partial charge in [-0.3, -0.25) is 20.4 Å². The maximum absolute atomic E-state index is 12.3. The molecule has 8 nitrogen and oxygen atoms in total. The van der Waals surface area contributed by atoms with Gasteiger partial charge in [0.05, 0.1) is 13.7 Å². The zero-order chi connectivity index (χ0) is 19.4. The molecule has 0 radical (unpaired) electrons. The molecule has 3 aromatic rings. The molecule has 2 amide bonds. The van der Waals surface area contributed by atoms with Gasteiger partial charge in [0.25, 0.3) is 11.8 Å². The predicted molar refractivity (Wildman–Crippen MR) is 99.0 cm³/mol. The topological polar surface area (TPSA) is 94.0 Å². The number of carbonyl (C=O) groups excluding carboxylic acids is 2. The van der Waals surface area contributed by atoms with Gasteiger partial charge in [-0.05, 0) is 44.2 Å². The fourth-order valence-corrected chi connectivity index (χ4v) is 2.59. The first-order valence-electron chi connectivity index (χ1n) is 8.39. The van der Waals surface area contributed by atoms with E-state index < -0.39 is 11.8 Å². The van der Waals surface area contributed by atoms with Gasteiger partial charge in [-0.25, -0.2) is 4.98 Å². The number of methoxy groups -OCH3 is 1. The number of aryl methyl sites for hydroxylation is 1. The highest BCUT2D eigenvalue weighted by Crippen LogP contribution is 2.27. The van der Waals surface area contributed by atoms with Crippen molar-refractivity contribution in [3.63, 3.8) is 0 Å². The Balaban J connectivity index is 1.69. The summed E-state index contributed by atoms with van der Waals surface area (Å²) in [5.74, 6) is -0.0127. The van der Waals surface area contributed by atoms with Crippen molar-refractivity contribution in [2.75, 3.05) is 13.7 Å². The van der Waals surface area contributed by atoms with Crippen LogP contribution in [0.4, 0.5) is 0 Å². The lowest BCUT2D eigenvalue weighted by atomic mass is 10.2. The number of nitrogens with one attached hydrogen (secondary N) is 2. The number of hydrogen-bond donors (Lipinski definition) is 2. The standard InChI is InChI=1S/C19H20N4O4/c1-4-27-15-9-8-13(10-16(15)26-3)18(24)21-22-19(25)14-11-23-12(2)6-5-7-17(23)20-14/h5-11H,4H2,1-3H3,(H,21,24)(H,22,25). The van der Waals surface area contributed by atoms with Crippen molar-refractivity contribution in [2.45, 2.75) is 13.8 Å². The summed E-state index contributed by atoms with van der Waals surface area (Å²) in [5.41, 5.74) is 6.87. The highest BCUT2D eigenvalue weighted by atomic mass is 16.5. The van der Waals surface area contributed by atoms with Crippen molar-refractivity contribution in [1.29, 1.82) is 0 Å². The number of nitrogens with zero attached hydrogens (tertiary/aromatic N) is 2. The van der Waals surface area contributed by atoms with Gasteiger partial charge in [0.1, 0.15) is 11.3 Å². The number of hydrogen-bond acceptors (Lipinski definition) is 5. The second-order valence-electron chi connectivity index (χ2n) is 5.73. The van der Waals surface area contributed by atoms with Crippen molar-refractivity contribution in [3.8, 4) is 11.5 Å². The zero-order valence-electron chi connectivity index (χ0n) is 15.3. The molecule has 0 saturated heterocycles. The summed E-state index contributed by atoms with van der Waals surface area (Å²) in [5, 5.41) is 0. The third kappa shape index (κ3) is 3.84. The predicted octanol–water partition coefficient (Wildman–Crippen LogP) is 2.12. The fraction of sp³-hybridized carbons (Fsp3) is 0.211. The first-order chi connectivity index (χ1) is 13.0. The number of aromatic nitrogens is 2. The molecule has 0 fully saturated rings. The molecule has 3 rings (SSSR count). The number of rotatable bonds is 5. The van der Waals surface area contributed by atoms with Crippen molar-refractivity contribution in [2.24, 2.45) is 0 Å². The van der Waals surface area contributed by atoms with E-state index in [2.05, 4.69) is 15.8 Å². The van der Waals surface area contributed by atoms with E-state index >= 15 is 0 Å². The fourth-order valence-electron chi connectivity index (χ4n) is 2.59. The van der Waals surface area contributed by atoms with E-state index in [1.54, 1.807) is 34.9 Å². The van der Waals surface area contributed by atoms with E-state index in [0.29, 0.717) is 29.3 Å². The van der Waals surface area contributed by atoms with Crippen LogP contribution in [0.1, 0.15) is 33.5 Å². The van der Waals surface area contributed by atoms with Gasteiger partial charge in [0.2, 0.25) is 0 Å². The van der Waals surface area contributed by atoms with E-state index in [1.165, 1.54) is 7.11 Å². The van der Waals surface area contributed by atoms with Crippen LogP contribution in [0.5, 0.6) is 11.5 Å². The normalized spacial score (nSPS) is 10.5. The molecule has 0 unspecified atom stereocenters. The molecule has 0 atom stereocenters. The molecule has 0 aliphatic heterocycles. The van der Waals surface area contributed by atoms with Crippen LogP contribution in [0.3, 0.4) is 0 Å². The highest BCUT2D eigenvalue weighted by molar-refractivity contribution is 5.98. The molecule has 0 bridgehead atoms. The van der Waals surface area contributed by atoms with E-state index in [1.807, 2.05) is 26.0 Å². The van der Waals surface area contributed by atoms with Crippen LogP contribution >= 0.6 is 0 Å². The van der Waals surface area contributed by atoms with Crippen LogP contribution in [0.25, 0.3) is 5.65 Å². The van der Waals surface area contributed by atoms with Crippen LogP contribution in [0, 0.1) is 6.92 Å². The Morgan fingerprint density at radius 2 is 1.89 bits per heavy atom. The first kappa shape index (κ1) is 18.2. The number of benzene rings is 1. The van der Waals surface area contributed by atoms with E-state index in [4.69, 9.17) is 9.47 Å². The number of fused-ring (bicyclic) bond motifs is 1. The van der Waals surface area contributed by atoms with Gasteiger partial charge in [-0.2, -0.15) is 0 Å². The smallest absolute Gasteiger partial charge is 0.289 e. The molecule has 27 heavy (non-hydrogen) atoms. The quantitative estimate of drug-likeness (QED) is 0.673. The maximum Gasteiger partial charge on any atom is 0.289 e. The molecular weight excluding hydrogens is 348 g/mol. The SMILES string of the molecule is CCOc1ccc(C(=O)NNC(=O)c2cn3c(C)cccc3n2)cc1OC. The maximum atomic E-state index is 12.3. The van der Waals surface area contributed by atoms with Crippen LogP contribution in [-0.4, -0.2) is 34.9 Å². The largest absolute Gasteiger partial charge is 0.493 e. The summed E-state index contributed by atoms with van der Waals surface area (Å²) in [6.07, 6.45) is 1.62. The third-order valence-corrected chi connectivity index (χ3v) is 3.94. The molecule has 2 aromatic heterocycles. The van der Waals surface area contributed by atoms with Crippen molar-refractivity contribution in [1.82, 2.24) is 20.2 Å². The van der Waals surface area contributed by atoms with Gasteiger partial charge in [-0.15, -0.1) is 0 Å². The van der Waals surface area contributed by atoms with Gasteiger partial charge in [0, 0.05) is 17.5 Å². The molecule has 8 heteroatoms. The number of imidazole rings is 1.